The molecular weight excluding hydrogens is 294 g/mol. The molecule has 0 amide bonds. The third-order valence-electron chi connectivity index (χ3n) is 4.08. The van der Waals surface area contributed by atoms with E-state index in [4.69, 9.17) is 17.3 Å². The van der Waals surface area contributed by atoms with Gasteiger partial charge in [0.25, 0.3) is 0 Å². The molecule has 22 heavy (non-hydrogen) atoms. The van der Waals surface area contributed by atoms with Crippen molar-refractivity contribution in [3.63, 3.8) is 0 Å². The molecule has 2 N–H and O–H groups in total. The lowest BCUT2D eigenvalue weighted by Gasteiger charge is -2.36. The van der Waals surface area contributed by atoms with Crippen LogP contribution in [0.25, 0.3) is 0 Å². The molecule has 0 bridgehead atoms. The van der Waals surface area contributed by atoms with E-state index in [0.717, 1.165) is 50.6 Å². The van der Waals surface area contributed by atoms with Gasteiger partial charge in [0, 0.05) is 26.2 Å². The van der Waals surface area contributed by atoms with E-state index in [2.05, 4.69) is 34.9 Å². The summed E-state index contributed by atoms with van der Waals surface area (Å²) in [6, 6.07) is 6.38. The molecule has 0 aromatic heterocycles. The van der Waals surface area contributed by atoms with E-state index >= 15 is 0 Å². The van der Waals surface area contributed by atoms with Gasteiger partial charge in [-0.25, -0.2) is 0 Å². The number of nitrogens with two attached hydrogens (primary N) is 1. The van der Waals surface area contributed by atoms with E-state index in [1.807, 2.05) is 13.8 Å². The summed E-state index contributed by atoms with van der Waals surface area (Å²) >= 11 is 6.51. The minimum atomic E-state index is 0.805. The summed E-state index contributed by atoms with van der Waals surface area (Å²) in [6.07, 6.45) is 3.33. The van der Waals surface area contributed by atoms with Crippen LogP contribution in [0.15, 0.2) is 18.2 Å². The normalized spacial score (nSPS) is 15.4. The van der Waals surface area contributed by atoms with Crippen molar-refractivity contribution in [1.29, 1.82) is 0 Å². The largest absolute Gasteiger partial charge is 0.368 e. The number of nitrogens with zero attached hydrogens (tertiary/aromatic N) is 2. The number of rotatable bonds is 6. The number of halogens is 1. The van der Waals surface area contributed by atoms with Crippen LogP contribution in [-0.4, -0.2) is 44.2 Å². The molecular formula is C18H32ClN3. The fraction of sp³-hybridized carbons (Fsp3) is 0.667. The molecule has 1 heterocycles. The second kappa shape index (κ2) is 10.9. The summed E-state index contributed by atoms with van der Waals surface area (Å²) in [6.45, 7) is 12.5. The number of anilines is 1. The lowest BCUT2D eigenvalue weighted by Crippen LogP contribution is -2.46. The summed E-state index contributed by atoms with van der Waals surface area (Å²) in [4.78, 5) is 4.95. The van der Waals surface area contributed by atoms with Crippen LogP contribution in [0.1, 0.15) is 39.2 Å². The first-order valence-corrected chi connectivity index (χ1v) is 9.08. The second-order valence-electron chi connectivity index (χ2n) is 5.43. The topological polar surface area (TPSA) is 32.5 Å². The number of hydrogen-bond donors (Lipinski definition) is 1. The maximum absolute atomic E-state index is 6.51. The van der Waals surface area contributed by atoms with Crippen molar-refractivity contribution in [1.82, 2.24) is 4.90 Å². The summed E-state index contributed by atoms with van der Waals surface area (Å²) < 4.78 is 0. The monoisotopic (exact) mass is 325 g/mol. The predicted molar refractivity (Wildman–Crippen MR) is 99.1 cm³/mol. The SMILES string of the molecule is CC.CCc1cccc(N2CCN(CCCCN)CC2)c1Cl. The van der Waals surface area contributed by atoms with E-state index in [0.29, 0.717) is 0 Å². The van der Waals surface area contributed by atoms with Crippen LogP contribution in [0, 0.1) is 0 Å². The second-order valence-corrected chi connectivity index (χ2v) is 5.81. The average Bonchev–Trinajstić information content (AvgIpc) is 2.58. The number of hydrogen-bond acceptors (Lipinski definition) is 3. The molecule has 1 aliphatic heterocycles. The molecule has 0 unspecified atom stereocenters. The van der Waals surface area contributed by atoms with E-state index in [9.17, 15) is 0 Å². The van der Waals surface area contributed by atoms with E-state index in [1.165, 1.54) is 24.2 Å². The van der Waals surface area contributed by atoms with Crippen molar-refractivity contribution in [3.8, 4) is 0 Å². The Labute approximate surface area is 141 Å². The third kappa shape index (κ3) is 5.45. The van der Waals surface area contributed by atoms with Gasteiger partial charge in [-0.15, -0.1) is 0 Å². The first kappa shape index (κ1) is 19.3. The molecule has 0 atom stereocenters. The molecule has 2 rings (SSSR count). The quantitative estimate of drug-likeness (QED) is 0.808. The third-order valence-corrected chi connectivity index (χ3v) is 4.52. The molecule has 1 fully saturated rings. The summed E-state index contributed by atoms with van der Waals surface area (Å²) in [7, 11) is 0. The van der Waals surface area contributed by atoms with Crippen LogP contribution in [0.3, 0.4) is 0 Å². The van der Waals surface area contributed by atoms with Crippen molar-refractivity contribution in [2.75, 3.05) is 44.2 Å². The molecule has 1 aromatic carbocycles. The fourth-order valence-electron chi connectivity index (χ4n) is 2.78. The number of unbranched alkanes of at least 4 members (excludes halogenated alkanes) is 1. The summed E-state index contributed by atoms with van der Waals surface area (Å²) in [5.41, 5.74) is 7.99. The van der Waals surface area contributed by atoms with Crippen LogP contribution in [0.4, 0.5) is 5.69 Å². The van der Waals surface area contributed by atoms with E-state index < -0.39 is 0 Å². The highest BCUT2D eigenvalue weighted by Crippen LogP contribution is 2.30. The zero-order chi connectivity index (χ0) is 16.4. The zero-order valence-electron chi connectivity index (χ0n) is 14.4. The molecule has 4 heteroatoms. The first-order valence-electron chi connectivity index (χ1n) is 8.71. The Hall–Kier alpha value is -0.770. The Morgan fingerprint density at radius 3 is 2.36 bits per heavy atom. The number of aryl methyl sites for hydroxylation is 1. The van der Waals surface area contributed by atoms with Gasteiger partial charge < -0.3 is 10.6 Å². The van der Waals surface area contributed by atoms with Gasteiger partial charge in [0.05, 0.1) is 10.7 Å². The Morgan fingerprint density at radius 2 is 1.77 bits per heavy atom. The smallest absolute Gasteiger partial charge is 0.0671 e. The van der Waals surface area contributed by atoms with Crippen LogP contribution in [-0.2, 0) is 6.42 Å². The highest BCUT2D eigenvalue weighted by atomic mass is 35.5. The molecule has 3 nitrogen and oxygen atoms in total. The molecule has 126 valence electrons. The Bertz CT molecular complexity index is 415. The molecule has 0 spiro atoms. The Balaban J connectivity index is 0.00000116. The average molecular weight is 326 g/mol. The van der Waals surface area contributed by atoms with Crippen LogP contribution >= 0.6 is 11.6 Å². The van der Waals surface area contributed by atoms with Crippen molar-refractivity contribution in [2.45, 2.75) is 40.0 Å². The Kier molecular flexibility index (Phi) is 9.53. The maximum atomic E-state index is 6.51. The standard InChI is InChI=1S/C16H26ClN3.C2H6/c1-2-14-6-5-7-15(16(14)17)20-12-10-19(11-13-20)9-4-3-8-18;1-2/h5-7H,2-4,8-13,18H2,1H3;1-2H3. The van der Waals surface area contributed by atoms with Gasteiger partial charge in [0.2, 0.25) is 0 Å². The zero-order valence-corrected chi connectivity index (χ0v) is 15.2. The highest BCUT2D eigenvalue weighted by Gasteiger charge is 2.19. The first-order chi connectivity index (χ1) is 10.8. The van der Waals surface area contributed by atoms with Gasteiger partial charge >= 0.3 is 0 Å². The molecule has 1 aliphatic rings. The van der Waals surface area contributed by atoms with Gasteiger partial charge in [-0.2, -0.15) is 0 Å². The summed E-state index contributed by atoms with van der Waals surface area (Å²) in [5.74, 6) is 0. The lowest BCUT2D eigenvalue weighted by molar-refractivity contribution is 0.253. The highest BCUT2D eigenvalue weighted by molar-refractivity contribution is 6.34. The number of benzene rings is 1. The molecule has 0 aliphatic carbocycles. The van der Waals surface area contributed by atoms with Gasteiger partial charge in [0.1, 0.15) is 0 Å². The van der Waals surface area contributed by atoms with Gasteiger partial charge in [-0.1, -0.05) is 44.5 Å². The van der Waals surface area contributed by atoms with E-state index in [-0.39, 0.29) is 0 Å². The Morgan fingerprint density at radius 1 is 1.09 bits per heavy atom. The van der Waals surface area contributed by atoms with Gasteiger partial charge in [-0.05, 0) is 44.0 Å². The molecule has 0 radical (unpaired) electrons. The van der Waals surface area contributed by atoms with Crippen LogP contribution in [0.2, 0.25) is 5.02 Å². The molecule has 0 saturated carbocycles. The van der Waals surface area contributed by atoms with Crippen LogP contribution in [0.5, 0.6) is 0 Å². The minimum Gasteiger partial charge on any atom is -0.368 e. The van der Waals surface area contributed by atoms with E-state index in [1.54, 1.807) is 0 Å². The van der Waals surface area contributed by atoms with Crippen LogP contribution < -0.4 is 10.6 Å². The predicted octanol–water partition coefficient (Wildman–Crippen LogP) is 3.79. The lowest BCUT2D eigenvalue weighted by atomic mass is 10.1. The van der Waals surface area contributed by atoms with Crippen molar-refractivity contribution < 1.29 is 0 Å². The molecule has 1 aromatic rings. The number of piperazine rings is 1. The maximum Gasteiger partial charge on any atom is 0.0671 e. The fourth-order valence-corrected chi connectivity index (χ4v) is 3.15. The summed E-state index contributed by atoms with van der Waals surface area (Å²) in [5, 5.41) is 0.937. The van der Waals surface area contributed by atoms with Gasteiger partial charge in [0.15, 0.2) is 0 Å². The van der Waals surface area contributed by atoms with Crippen molar-refractivity contribution in [2.24, 2.45) is 5.73 Å². The van der Waals surface area contributed by atoms with Crippen molar-refractivity contribution >= 4 is 17.3 Å². The van der Waals surface area contributed by atoms with Gasteiger partial charge in [-0.3, -0.25) is 4.90 Å². The molecule has 1 saturated heterocycles. The minimum absolute atomic E-state index is 0.805. The van der Waals surface area contributed by atoms with Crippen molar-refractivity contribution in [3.05, 3.63) is 28.8 Å².